The van der Waals surface area contributed by atoms with Crippen molar-refractivity contribution in [2.24, 2.45) is 0 Å². The standard InChI is InChI=1S/C15H11FN4O4S2/c1-8(26-15-19-18-14(24-15)12-3-2-6-25-12)13(21)17-9-4-5-10(16)11(7-9)20(22)23/h2-8H,1H3,(H,17,21)/t8-/m0/s1. The number of aromatic nitrogens is 2. The van der Waals surface area contributed by atoms with Crippen molar-refractivity contribution < 1.29 is 18.5 Å². The fourth-order valence-electron chi connectivity index (χ4n) is 1.94. The molecule has 0 saturated carbocycles. The zero-order chi connectivity index (χ0) is 18.7. The van der Waals surface area contributed by atoms with E-state index in [-0.39, 0.29) is 10.9 Å². The molecule has 0 aliphatic rings. The fraction of sp³-hybridized carbons (Fsp3) is 0.133. The molecule has 0 aliphatic heterocycles. The molecule has 2 aromatic heterocycles. The van der Waals surface area contributed by atoms with E-state index in [0.29, 0.717) is 5.89 Å². The topological polar surface area (TPSA) is 111 Å². The van der Waals surface area contributed by atoms with Crippen LogP contribution in [0.3, 0.4) is 0 Å². The Balaban J connectivity index is 1.65. The molecule has 1 N–H and O–H groups in total. The number of hydrogen-bond donors (Lipinski definition) is 1. The number of benzene rings is 1. The van der Waals surface area contributed by atoms with Gasteiger partial charge >= 0.3 is 5.69 Å². The predicted octanol–water partition coefficient (Wildman–Crippen LogP) is 3.96. The van der Waals surface area contributed by atoms with Crippen molar-refractivity contribution in [1.29, 1.82) is 0 Å². The van der Waals surface area contributed by atoms with E-state index in [4.69, 9.17) is 4.42 Å². The predicted molar refractivity (Wildman–Crippen MR) is 94.6 cm³/mol. The molecule has 0 unspecified atom stereocenters. The fourth-order valence-corrected chi connectivity index (χ4v) is 3.26. The number of thiophene rings is 1. The van der Waals surface area contributed by atoms with Gasteiger partial charge in [-0.2, -0.15) is 4.39 Å². The number of carbonyl (C=O) groups is 1. The summed E-state index contributed by atoms with van der Waals surface area (Å²) in [5.41, 5.74) is -0.582. The highest BCUT2D eigenvalue weighted by Crippen LogP contribution is 2.29. The van der Waals surface area contributed by atoms with E-state index < -0.39 is 27.6 Å². The Kier molecular flexibility index (Phi) is 5.28. The zero-order valence-electron chi connectivity index (χ0n) is 13.2. The van der Waals surface area contributed by atoms with Crippen molar-refractivity contribution in [2.75, 3.05) is 5.32 Å². The second-order valence-corrected chi connectivity index (χ2v) is 7.26. The third kappa shape index (κ3) is 4.06. The molecule has 1 aromatic carbocycles. The summed E-state index contributed by atoms with van der Waals surface area (Å²) in [6, 6.07) is 6.83. The molecule has 0 fully saturated rings. The van der Waals surface area contributed by atoms with Crippen molar-refractivity contribution in [2.45, 2.75) is 17.4 Å². The number of halogens is 1. The molecule has 0 spiro atoms. The van der Waals surface area contributed by atoms with Gasteiger partial charge in [0, 0.05) is 11.8 Å². The maximum absolute atomic E-state index is 13.3. The number of carbonyl (C=O) groups excluding carboxylic acids is 1. The van der Waals surface area contributed by atoms with Gasteiger partial charge in [-0.15, -0.1) is 21.5 Å². The molecule has 8 nitrogen and oxygen atoms in total. The van der Waals surface area contributed by atoms with Crippen LogP contribution >= 0.6 is 23.1 Å². The van der Waals surface area contributed by atoms with E-state index in [1.807, 2.05) is 17.5 Å². The van der Waals surface area contributed by atoms with Gasteiger partial charge in [-0.05, 0) is 30.5 Å². The second kappa shape index (κ2) is 7.62. The molecule has 0 aliphatic carbocycles. The molecule has 0 radical (unpaired) electrons. The lowest BCUT2D eigenvalue weighted by Crippen LogP contribution is -2.22. The van der Waals surface area contributed by atoms with Crippen LogP contribution in [0.15, 0.2) is 45.4 Å². The molecule has 3 rings (SSSR count). The summed E-state index contributed by atoms with van der Waals surface area (Å²) in [6.07, 6.45) is 0. The minimum Gasteiger partial charge on any atom is -0.410 e. The maximum atomic E-state index is 13.3. The second-order valence-electron chi connectivity index (χ2n) is 5.02. The number of hydrogen-bond acceptors (Lipinski definition) is 8. The number of nitro benzene ring substituents is 1. The van der Waals surface area contributed by atoms with E-state index in [1.54, 1.807) is 6.92 Å². The average Bonchev–Trinajstić information content (AvgIpc) is 3.27. The van der Waals surface area contributed by atoms with Gasteiger partial charge in [0.1, 0.15) is 0 Å². The normalized spacial score (nSPS) is 11.9. The van der Waals surface area contributed by atoms with Crippen molar-refractivity contribution in [1.82, 2.24) is 10.2 Å². The highest BCUT2D eigenvalue weighted by Gasteiger charge is 2.21. The number of nitro groups is 1. The Morgan fingerprint density at radius 1 is 1.42 bits per heavy atom. The van der Waals surface area contributed by atoms with Crippen LogP contribution in [0.5, 0.6) is 0 Å². The first-order valence-electron chi connectivity index (χ1n) is 7.23. The molecular weight excluding hydrogens is 383 g/mol. The largest absolute Gasteiger partial charge is 0.410 e. The Bertz CT molecular complexity index is 945. The smallest absolute Gasteiger partial charge is 0.306 e. The van der Waals surface area contributed by atoms with Crippen LogP contribution in [0.1, 0.15) is 6.92 Å². The van der Waals surface area contributed by atoms with E-state index in [9.17, 15) is 19.3 Å². The zero-order valence-corrected chi connectivity index (χ0v) is 14.8. The van der Waals surface area contributed by atoms with Crippen LogP contribution < -0.4 is 5.32 Å². The highest BCUT2D eigenvalue weighted by atomic mass is 32.2. The van der Waals surface area contributed by atoms with Gasteiger partial charge in [0.15, 0.2) is 0 Å². The van der Waals surface area contributed by atoms with Crippen molar-refractivity contribution >= 4 is 40.4 Å². The number of nitrogens with zero attached hydrogens (tertiary/aromatic N) is 3. The molecule has 1 amide bonds. The van der Waals surface area contributed by atoms with Gasteiger partial charge in [0.05, 0.1) is 15.1 Å². The van der Waals surface area contributed by atoms with Gasteiger partial charge in [0.2, 0.25) is 11.7 Å². The first kappa shape index (κ1) is 18.0. The van der Waals surface area contributed by atoms with Crippen LogP contribution in [-0.4, -0.2) is 26.3 Å². The van der Waals surface area contributed by atoms with Crippen LogP contribution in [0.2, 0.25) is 0 Å². The lowest BCUT2D eigenvalue weighted by Gasteiger charge is -2.09. The minimum absolute atomic E-state index is 0.125. The molecule has 134 valence electrons. The summed E-state index contributed by atoms with van der Waals surface area (Å²) in [5.74, 6) is -1.04. The molecule has 0 bridgehead atoms. The average molecular weight is 394 g/mol. The number of rotatable bonds is 6. The highest BCUT2D eigenvalue weighted by molar-refractivity contribution is 8.00. The van der Waals surface area contributed by atoms with E-state index >= 15 is 0 Å². The van der Waals surface area contributed by atoms with E-state index in [2.05, 4.69) is 15.5 Å². The summed E-state index contributed by atoms with van der Waals surface area (Å²) in [7, 11) is 0. The van der Waals surface area contributed by atoms with Crippen molar-refractivity contribution in [3.63, 3.8) is 0 Å². The maximum Gasteiger partial charge on any atom is 0.306 e. The Hall–Kier alpha value is -2.79. The molecule has 3 aromatic rings. The van der Waals surface area contributed by atoms with Crippen LogP contribution in [0, 0.1) is 15.9 Å². The molecule has 0 saturated heterocycles. The Morgan fingerprint density at radius 2 is 2.23 bits per heavy atom. The molecule has 26 heavy (non-hydrogen) atoms. The van der Waals surface area contributed by atoms with Crippen molar-refractivity contribution in [3.8, 4) is 10.8 Å². The van der Waals surface area contributed by atoms with E-state index in [1.165, 1.54) is 17.4 Å². The van der Waals surface area contributed by atoms with Gasteiger partial charge < -0.3 is 9.73 Å². The van der Waals surface area contributed by atoms with Crippen LogP contribution in [-0.2, 0) is 4.79 Å². The lowest BCUT2D eigenvalue weighted by molar-refractivity contribution is -0.387. The Morgan fingerprint density at radius 3 is 2.92 bits per heavy atom. The Labute approximate surface area is 154 Å². The molecule has 1 atom stereocenters. The number of thioether (sulfide) groups is 1. The summed E-state index contributed by atoms with van der Waals surface area (Å²) in [5, 5.41) is 22.5. The number of anilines is 1. The molecule has 11 heteroatoms. The summed E-state index contributed by atoms with van der Waals surface area (Å²) < 4.78 is 18.8. The van der Waals surface area contributed by atoms with Gasteiger partial charge in [-0.3, -0.25) is 14.9 Å². The molecular formula is C15H11FN4O4S2. The third-order valence-electron chi connectivity index (χ3n) is 3.20. The monoisotopic (exact) mass is 394 g/mol. The SMILES string of the molecule is C[C@H](Sc1nnc(-c2cccs2)o1)C(=O)Nc1ccc(F)c([N+](=O)[O-])c1. The van der Waals surface area contributed by atoms with Gasteiger partial charge in [-0.1, -0.05) is 17.8 Å². The van der Waals surface area contributed by atoms with Crippen LogP contribution in [0.25, 0.3) is 10.8 Å². The summed E-state index contributed by atoms with van der Waals surface area (Å²) in [4.78, 5) is 23.0. The minimum atomic E-state index is -0.970. The number of amides is 1. The summed E-state index contributed by atoms with van der Waals surface area (Å²) >= 11 is 2.50. The van der Waals surface area contributed by atoms with Gasteiger partial charge in [0.25, 0.3) is 11.1 Å². The third-order valence-corrected chi connectivity index (χ3v) is 4.99. The quantitative estimate of drug-likeness (QED) is 0.382. The summed E-state index contributed by atoms with van der Waals surface area (Å²) in [6.45, 7) is 1.62. The first-order valence-corrected chi connectivity index (χ1v) is 8.99. The number of nitrogens with one attached hydrogen (secondary N) is 1. The first-order chi connectivity index (χ1) is 12.4. The lowest BCUT2D eigenvalue weighted by atomic mass is 10.2. The molecule has 2 heterocycles. The van der Waals surface area contributed by atoms with Crippen molar-refractivity contribution in [3.05, 3.63) is 51.6 Å². The van der Waals surface area contributed by atoms with Gasteiger partial charge in [-0.25, -0.2) is 0 Å². The van der Waals surface area contributed by atoms with Crippen LogP contribution in [0.4, 0.5) is 15.8 Å². The van der Waals surface area contributed by atoms with E-state index in [0.717, 1.165) is 28.8 Å².